The number of rotatable bonds is 4. The molecule has 0 unspecified atom stereocenters. The molecule has 142 valence electrons. The molecule has 3 amide bonds. The smallest absolute Gasteiger partial charge is 0.321 e. The lowest BCUT2D eigenvalue weighted by atomic mass is 10.3. The van der Waals surface area contributed by atoms with Crippen LogP contribution in [0.15, 0.2) is 24.3 Å². The highest BCUT2D eigenvalue weighted by molar-refractivity contribution is 5.91. The third kappa shape index (κ3) is 4.66. The molecule has 2 aliphatic heterocycles. The van der Waals surface area contributed by atoms with Gasteiger partial charge in [-0.1, -0.05) is 12.1 Å². The van der Waals surface area contributed by atoms with Crippen LogP contribution in [0.1, 0.15) is 19.3 Å². The molecule has 2 heterocycles. The quantitative estimate of drug-likeness (QED) is 0.890. The van der Waals surface area contributed by atoms with Crippen molar-refractivity contribution in [2.45, 2.75) is 19.3 Å². The topological polar surface area (TPSA) is 65.1 Å². The Morgan fingerprint density at radius 1 is 0.962 bits per heavy atom. The number of ether oxygens (including phenoxy) is 1. The first-order valence-corrected chi connectivity index (χ1v) is 9.36. The minimum absolute atomic E-state index is 0.123. The number of methoxy groups -OCH3 is 1. The zero-order valence-electron chi connectivity index (χ0n) is 15.4. The average Bonchev–Trinajstić information content (AvgIpc) is 3.09. The predicted molar refractivity (Wildman–Crippen MR) is 100 cm³/mol. The maximum absolute atomic E-state index is 12.6. The van der Waals surface area contributed by atoms with Gasteiger partial charge in [0.25, 0.3) is 0 Å². The highest BCUT2D eigenvalue weighted by atomic mass is 16.5. The van der Waals surface area contributed by atoms with Crippen molar-refractivity contribution in [3.8, 4) is 5.75 Å². The van der Waals surface area contributed by atoms with E-state index in [-0.39, 0.29) is 11.9 Å². The van der Waals surface area contributed by atoms with E-state index in [0.717, 1.165) is 45.4 Å². The van der Waals surface area contributed by atoms with Crippen molar-refractivity contribution < 1.29 is 14.3 Å². The lowest BCUT2D eigenvalue weighted by molar-refractivity contribution is -0.131. The van der Waals surface area contributed by atoms with Crippen LogP contribution in [-0.2, 0) is 4.79 Å². The van der Waals surface area contributed by atoms with E-state index in [1.807, 2.05) is 34.1 Å². The minimum atomic E-state index is -0.123. The summed E-state index contributed by atoms with van der Waals surface area (Å²) in [5, 5.41) is 2.93. The number of carbonyl (C=O) groups is 2. The molecule has 7 heteroatoms. The van der Waals surface area contributed by atoms with Crippen LogP contribution in [-0.4, -0.2) is 79.6 Å². The van der Waals surface area contributed by atoms with E-state index < -0.39 is 0 Å². The van der Waals surface area contributed by atoms with Crippen molar-refractivity contribution in [3.05, 3.63) is 24.3 Å². The van der Waals surface area contributed by atoms with Crippen molar-refractivity contribution in [2.24, 2.45) is 0 Å². The van der Waals surface area contributed by atoms with Crippen LogP contribution in [0.5, 0.6) is 5.75 Å². The molecule has 0 bridgehead atoms. The fourth-order valence-electron chi connectivity index (χ4n) is 3.53. The maximum atomic E-state index is 12.6. The normalized spacial score (nSPS) is 18.5. The number of nitrogens with zero attached hydrogens (tertiary/aromatic N) is 3. The molecule has 0 aromatic heterocycles. The lowest BCUT2D eigenvalue weighted by Crippen LogP contribution is -2.41. The third-order valence-corrected chi connectivity index (χ3v) is 5.04. The van der Waals surface area contributed by atoms with E-state index in [1.54, 1.807) is 7.11 Å². The number of amides is 3. The number of hydrogen-bond acceptors (Lipinski definition) is 4. The van der Waals surface area contributed by atoms with Crippen molar-refractivity contribution in [2.75, 3.05) is 58.2 Å². The molecule has 0 aliphatic carbocycles. The number of likely N-dealkylation sites (tertiary alicyclic amines) is 1. The van der Waals surface area contributed by atoms with Gasteiger partial charge in [-0.2, -0.15) is 0 Å². The Labute approximate surface area is 154 Å². The fourth-order valence-corrected chi connectivity index (χ4v) is 3.53. The zero-order valence-corrected chi connectivity index (χ0v) is 15.4. The third-order valence-electron chi connectivity index (χ3n) is 5.04. The molecule has 3 rings (SSSR count). The highest BCUT2D eigenvalue weighted by Crippen LogP contribution is 2.23. The van der Waals surface area contributed by atoms with Crippen LogP contribution in [0.3, 0.4) is 0 Å². The van der Waals surface area contributed by atoms with E-state index in [2.05, 4.69) is 10.2 Å². The summed E-state index contributed by atoms with van der Waals surface area (Å²) in [6, 6.07) is 7.27. The minimum Gasteiger partial charge on any atom is -0.495 e. The summed E-state index contributed by atoms with van der Waals surface area (Å²) < 4.78 is 5.28. The Hall–Kier alpha value is -2.28. The Kier molecular flexibility index (Phi) is 6.33. The van der Waals surface area contributed by atoms with E-state index >= 15 is 0 Å². The summed E-state index contributed by atoms with van der Waals surface area (Å²) in [5.41, 5.74) is 0.672. The van der Waals surface area contributed by atoms with Gasteiger partial charge in [0.1, 0.15) is 5.75 Å². The number of benzene rings is 1. The van der Waals surface area contributed by atoms with Crippen LogP contribution in [0, 0.1) is 0 Å². The summed E-state index contributed by atoms with van der Waals surface area (Å²) >= 11 is 0. The number of anilines is 1. The number of nitrogens with one attached hydrogen (secondary N) is 1. The molecule has 2 saturated heterocycles. The van der Waals surface area contributed by atoms with Gasteiger partial charge >= 0.3 is 6.03 Å². The van der Waals surface area contributed by atoms with Crippen LogP contribution < -0.4 is 10.1 Å². The number of carbonyl (C=O) groups excluding carboxylic acids is 2. The summed E-state index contributed by atoms with van der Waals surface area (Å²) in [4.78, 5) is 30.9. The number of para-hydroxylation sites is 2. The van der Waals surface area contributed by atoms with Crippen LogP contribution in [0.25, 0.3) is 0 Å². The Balaban J connectivity index is 1.51. The standard InChI is InChI=1S/C19H28N4O3/c1-26-17-8-3-2-7-16(17)20-19(25)23-12-6-9-21(13-14-23)15-18(24)22-10-4-5-11-22/h2-3,7-8H,4-6,9-15H2,1H3,(H,20,25). The summed E-state index contributed by atoms with van der Waals surface area (Å²) in [6.07, 6.45) is 3.10. The second-order valence-corrected chi connectivity index (χ2v) is 6.84. The summed E-state index contributed by atoms with van der Waals surface area (Å²) in [7, 11) is 1.59. The maximum Gasteiger partial charge on any atom is 0.321 e. The molecule has 7 nitrogen and oxygen atoms in total. The first-order chi connectivity index (χ1) is 12.7. The monoisotopic (exact) mass is 360 g/mol. The predicted octanol–water partition coefficient (Wildman–Crippen LogP) is 1.86. The second kappa shape index (κ2) is 8.89. The first kappa shape index (κ1) is 18.5. The molecule has 0 radical (unpaired) electrons. The molecule has 0 saturated carbocycles. The molecular formula is C19H28N4O3. The highest BCUT2D eigenvalue weighted by Gasteiger charge is 2.24. The molecule has 1 aromatic rings. The molecule has 2 fully saturated rings. The van der Waals surface area contributed by atoms with Crippen LogP contribution in [0.4, 0.5) is 10.5 Å². The largest absolute Gasteiger partial charge is 0.495 e. The molecule has 26 heavy (non-hydrogen) atoms. The molecule has 2 aliphatic rings. The van der Waals surface area contributed by atoms with Gasteiger partial charge in [0, 0.05) is 39.3 Å². The van der Waals surface area contributed by atoms with E-state index in [9.17, 15) is 9.59 Å². The Morgan fingerprint density at radius 2 is 1.69 bits per heavy atom. The van der Waals surface area contributed by atoms with Gasteiger partial charge < -0.3 is 19.9 Å². The Morgan fingerprint density at radius 3 is 2.46 bits per heavy atom. The second-order valence-electron chi connectivity index (χ2n) is 6.84. The number of urea groups is 1. The van der Waals surface area contributed by atoms with Gasteiger partial charge in [-0.25, -0.2) is 4.79 Å². The van der Waals surface area contributed by atoms with Gasteiger partial charge in [-0.05, 0) is 31.4 Å². The lowest BCUT2D eigenvalue weighted by Gasteiger charge is -2.24. The molecule has 0 spiro atoms. The van der Waals surface area contributed by atoms with Gasteiger partial charge in [0.2, 0.25) is 5.91 Å². The molecule has 0 atom stereocenters. The van der Waals surface area contributed by atoms with E-state index in [4.69, 9.17) is 4.74 Å². The van der Waals surface area contributed by atoms with E-state index in [1.165, 1.54) is 0 Å². The summed E-state index contributed by atoms with van der Waals surface area (Å²) in [6.45, 7) is 5.11. The fraction of sp³-hybridized carbons (Fsp3) is 0.579. The van der Waals surface area contributed by atoms with E-state index in [0.29, 0.717) is 31.1 Å². The number of hydrogen-bond donors (Lipinski definition) is 1. The summed E-state index contributed by atoms with van der Waals surface area (Å²) in [5.74, 6) is 0.864. The first-order valence-electron chi connectivity index (χ1n) is 9.36. The van der Waals surface area contributed by atoms with Crippen molar-refractivity contribution in [1.29, 1.82) is 0 Å². The van der Waals surface area contributed by atoms with Crippen molar-refractivity contribution in [3.63, 3.8) is 0 Å². The van der Waals surface area contributed by atoms with Gasteiger partial charge in [-0.15, -0.1) is 0 Å². The van der Waals surface area contributed by atoms with Crippen LogP contribution >= 0.6 is 0 Å². The average molecular weight is 360 g/mol. The van der Waals surface area contributed by atoms with Crippen molar-refractivity contribution >= 4 is 17.6 Å². The van der Waals surface area contributed by atoms with Crippen molar-refractivity contribution in [1.82, 2.24) is 14.7 Å². The van der Waals surface area contributed by atoms with Gasteiger partial charge in [0.05, 0.1) is 19.3 Å². The van der Waals surface area contributed by atoms with Gasteiger partial charge in [0.15, 0.2) is 0 Å². The zero-order chi connectivity index (χ0) is 18.4. The molecule has 1 N–H and O–H groups in total. The molecular weight excluding hydrogens is 332 g/mol. The molecule has 1 aromatic carbocycles. The van der Waals surface area contributed by atoms with Gasteiger partial charge in [-0.3, -0.25) is 9.69 Å². The Bertz CT molecular complexity index is 631. The SMILES string of the molecule is COc1ccccc1NC(=O)N1CCCN(CC(=O)N2CCCC2)CC1. The van der Waals surface area contributed by atoms with Crippen LogP contribution in [0.2, 0.25) is 0 Å².